The van der Waals surface area contributed by atoms with Gasteiger partial charge in [0.05, 0.1) is 5.71 Å². The molecular formula is C23H25FN4OS. The molecule has 0 atom stereocenters. The van der Waals surface area contributed by atoms with Gasteiger partial charge in [-0.2, -0.15) is 0 Å². The third-order valence-corrected chi connectivity index (χ3v) is 6.44. The molecule has 2 aromatic rings. The smallest absolute Gasteiger partial charge is 0.321 e. The van der Waals surface area contributed by atoms with Gasteiger partial charge < -0.3 is 10.2 Å². The molecule has 1 fully saturated rings. The lowest BCUT2D eigenvalue weighted by atomic mass is 9.98. The summed E-state index contributed by atoms with van der Waals surface area (Å²) in [6.45, 7) is 3.32. The van der Waals surface area contributed by atoms with Crippen molar-refractivity contribution in [3.8, 4) is 0 Å². The monoisotopic (exact) mass is 424 g/mol. The number of likely N-dealkylation sites (tertiary alicyclic amines) is 1. The number of hydrogen-bond donors (Lipinski definition) is 1. The SMILES string of the molecule is CCCSC1=NC2(CCN(C(=O)Nc3ccc(F)cc3)CC2)N=C1c1ccccc1. The van der Waals surface area contributed by atoms with E-state index in [1.54, 1.807) is 28.8 Å². The van der Waals surface area contributed by atoms with E-state index in [4.69, 9.17) is 9.98 Å². The van der Waals surface area contributed by atoms with Crippen LogP contribution in [0.15, 0.2) is 64.6 Å². The highest BCUT2D eigenvalue weighted by atomic mass is 32.2. The van der Waals surface area contributed by atoms with Crippen molar-refractivity contribution in [2.75, 3.05) is 24.2 Å². The summed E-state index contributed by atoms with van der Waals surface area (Å²) in [5, 5.41) is 3.84. The van der Waals surface area contributed by atoms with Gasteiger partial charge in [0.1, 0.15) is 10.9 Å². The molecular weight excluding hydrogens is 399 g/mol. The second kappa shape index (κ2) is 9.00. The van der Waals surface area contributed by atoms with Crippen molar-refractivity contribution in [1.29, 1.82) is 0 Å². The molecule has 0 radical (unpaired) electrons. The largest absolute Gasteiger partial charge is 0.324 e. The van der Waals surface area contributed by atoms with Gasteiger partial charge in [-0.15, -0.1) is 11.8 Å². The molecule has 2 aliphatic heterocycles. The van der Waals surface area contributed by atoms with Gasteiger partial charge in [0, 0.05) is 37.2 Å². The van der Waals surface area contributed by atoms with E-state index in [1.165, 1.54) is 12.1 Å². The highest BCUT2D eigenvalue weighted by Crippen LogP contribution is 2.35. The molecule has 1 spiro atoms. The average Bonchev–Trinajstić information content (AvgIpc) is 3.13. The number of amides is 2. The lowest BCUT2D eigenvalue weighted by Crippen LogP contribution is -2.46. The molecule has 0 saturated carbocycles. The molecule has 7 heteroatoms. The van der Waals surface area contributed by atoms with Gasteiger partial charge in [-0.05, 0) is 36.4 Å². The van der Waals surface area contributed by atoms with Crippen molar-refractivity contribution in [2.45, 2.75) is 31.8 Å². The molecule has 156 valence electrons. The number of halogens is 1. The Morgan fingerprint density at radius 3 is 2.47 bits per heavy atom. The summed E-state index contributed by atoms with van der Waals surface area (Å²) in [6, 6.07) is 15.8. The van der Waals surface area contributed by atoms with Gasteiger partial charge in [0.15, 0.2) is 5.66 Å². The highest BCUT2D eigenvalue weighted by Gasteiger charge is 2.40. The van der Waals surface area contributed by atoms with E-state index < -0.39 is 5.66 Å². The molecule has 1 saturated heterocycles. The summed E-state index contributed by atoms with van der Waals surface area (Å²) in [4.78, 5) is 24.5. The first-order valence-electron chi connectivity index (χ1n) is 10.3. The van der Waals surface area contributed by atoms with Crippen molar-refractivity contribution < 1.29 is 9.18 Å². The maximum Gasteiger partial charge on any atom is 0.321 e. The van der Waals surface area contributed by atoms with Crippen LogP contribution < -0.4 is 5.32 Å². The van der Waals surface area contributed by atoms with Crippen LogP contribution in [-0.2, 0) is 0 Å². The van der Waals surface area contributed by atoms with Crippen LogP contribution in [0.3, 0.4) is 0 Å². The number of thioether (sulfide) groups is 1. The molecule has 0 aromatic heterocycles. The zero-order valence-electron chi connectivity index (χ0n) is 17.0. The predicted molar refractivity (Wildman–Crippen MR) is 122 cm³/mol. The summed E-state index contributed by atoms with van der Waals surface area (Å²) in [5.41, 5.74) is 2.17. The van der Waals surface area contributed by atoms with E-state index in [1.807, 2.05) is 18.2 Å². The fourth-order valence-corrected chi connectivity index (χ4v) is 4.57. The van der Waals surface area contributed by atoms with E-state index in [0.717, 1.165) is 28.5 Å². The fraction of sp³-hybridized carbons (Fsp3) is 0.348. The molecule has 2 aromatic carbocycles. The van der Waals surface area contributed by atoms with Crippen LogP contribution in [0.2, 0.25) is 0 Å². The maximum absolute atomic E-state index is 13.1. The third-order valence-electron chi connectivity index (χ3n) is 5.27. The van der Waals surface area contributed by atoms with E-state index in [2.05, 4.69) is 24.4 Å². The van der Waals surface area contributed by atoms with E-state index >= 15 is 0 Å². The molecule has 4 rings (SSSR count). The number of nitrogens with one attached hydrogen (secondary N) is 1. The second-order valence-corrected chi connectivity index (χ2v) is 8.58. The van der Waals surface area contributed by atoms with Crippen LogP contribution in [0.25, 0.3) is 0 Å². The first-order valence-corrected chi connectivity index (χ1v) is 11.3. The summed E-state index contributed by atoms with van der Waals surface area (Å²) in [7, 11) is 0. The Bertz CT molecular complexity index is 951. The van der Waals surface area contributed by atoms with Crippen LogP contribution in [0.4, 0.5) is 14.9 Å². The molecule has 0 bridgehead atoms. The Morgan fingerprint density at radius 2 is 1.80 bits per heavy atom. The number of nitrogens with zero attached hydrogens (tertiary/aromatic N) is 3. The van der Waals surface area contributed by atoms with E-state index in [9.17, 15) is 9.18 Å². The van der Waals surface area contributed by atoms with Crippen molar-refractivity contribution in [2.24, 2.45) is 9.98 Å². The van der Waals surface area contributed by atoms with Crippen LogP contribution in [-0.4, -0.2) is 46.2 Å². The summed E-state index contributed by atoms with van der Waals surface area (Å²) >= 11 is 1.76. The van der Waals surface area contributed by atoms with Crippen LogP contribution >= 0.6 is 11.8 Å². The maximum atomic E-state index is 13.1. The molecule has 5 nitrogen and oxygen atoms in total. The number of rotatable bonds is 4. The molecule has 1 N–H and O–H groups in total. The Kier molecular flexibility index (Phi) is 6.18. The van der Waals surface area contributed by atoms with Gasteiger partial charge in [-0.25, -0.2) is 14.2 Å². The van der Waals surface area contributed by atoms with E-state index in [0.29, 0.717) is 31.6 Å². The fourth-order valence-electron chi connectivity index (χ4n) is 3.63. The minimum atomic E-state index is -0.478. The summed E-state index contributed by atoms with van der Waals surface area (Å²) in [5.74, 6) is 0.684. The Labute approximate surface area is 180 Å². The van der Waals surface area contributed by atoms with Gasteiger partial charge in [-0.3, -0.25) is 4.99 Å². The molecule has 0 aliphatic carbocycles. The number of carbonyl (C=O) groups excluding carboxylic acids is 1. The normalized spacial score (nSPS) is 17.6. The summed E-state index contributed by atoms with van der Waals surface area (Å²) in [6.07, 6.45) is 2.46. The van der Waals surface area contributed by atoms with Crippen molar-refractivity contribution in [3.05, 3.63) is 66.0 Å². The van der Waals surface area contributed by atoms with Crippen molar-refractivity contribution in [3.63, 3.8) is 0 Å². The molecule has 2 aliphatic rings. The lowest BCUT2D eigenvalue weighted by Gasteiger charge is -2.35. The minimum Gasteiger partial charge on any atom is -0.324 e. The number of benzene rings is 2. The number of aliphatic imine (C=N–C) groups is 2. The van der Waals surface area contributed by atoms with Gasteiger partial charge in [0.2, 0.25) is 0 Å². The van der Waals surface area contributed by atoms with E-state index in [-0.39, 0.29) is 11.8 Å². The van der Waals surface area contributed by atoms with Gasteiger partial charge in [0.25, 0.3) is 0 Å². The topological polar surface area (TPSA) is 57.1 Å². The number of urea groups is 1. The van der Waals surface area contributed by atoms with Crippen LogP contribution in [0, 0.1) is 5.82 Å². The Morgan fingerprint density at radius 1 is 1.10 bits per heavy atom. The zero-order chi connectivity index (χ0) is 21.0. The zero-order valence-corrected chi connectivity index (χ0v) is 17.8. The number of anilines is 1. The second-order valence-electron chi connectivity index (χ2n) is 7.50. The Balaban J connectivity index is 1.45. The first-order chi connectivity index (χ1) is 14.6. The molecule has 2 amide bonds. The van der Waals surface area contributed by atoms with Crippen LogP contribution in [0.1, 0.15) is 31.7 Å². The van der Waals surface area contributed by atoms with Crippen molar-refractivity contribution in [1.82, 2.24) is 4.90 Å². The van der Waals surface area contributed by atoms with Crippen molar-refractivity contribution >= 4 is 34.2 Å². The quantitative estimate of drug-likeness (QED) is 0.734. The standard InChI is InChI=1S/C23H25FN4OS/c1-2-16-30-21-20(17-6-4-3-5-7-17)26-23(27-21)12-14-28(15-13-23)22(29)25-19-10-8-18(24)9-11-19/h3-11H,2,12-16H2,1H3,(H,25,29). The number of piperidine rings is 1. The third kappa shape index (κ3) is 4.56. The molecule has 2 heterocycles. The van der Waals surface area contributed by atoms with Gasteiger partial charge >= 0.3 is 6.03 Å². The van der Waals surface area contributed by atoms with Gasteiger partial charge in [-0.1, -0.05) is 37.3 Å². The predicted octanol–water partition coefficient (Wildman–Crippen LogP) is 5.19. The van der Waals surface area contributed by atoms with Crippen LogP contribution in [0.5, 0.6) is 0 Å². The number of carbonyl (C=O) groups is 1. The molecule has 30 heavy (non-hydrogen) atoms. The number of hydrogen-bond acceptors (Lipinski definition) is 4. The molecule has 0 unspecified atom stereocenters. The first kappa shape index (κ1) is 20.6. The Hall–Kier alpha value is -2.67. The lowest BCUT2D eigenvalue weighted by molar-refractivity contribution is 0.175. The summed E-state index contributed by atoms with van der Waals surface area (Å²) < 4.78 is 13.1. The highest BCUT2D eigenvalue weighted by molar-refractivity contribution is 8.15. The average molecular weight is 425 g/mol. The minimum absolute atomic E-state index is 0.175.